The third-order valence-electron chi connectivity index (χ3n) is 3.51. The molecule has 0 amide bonds. The van der Waals surface area contributed by atoms with Crippen LogP contribution in [-0.2, 0) is 16.1 Å². The second-order valence-electron chi connectivity index (χ2n) is 5.36. The largest absolute Gasteiger partial charge is 0.458 e. The number of nitriles is 1. The molecule has 1 aromatic heterocycles. The average Bonchev–Trinajstić information content (AvgIpc) is 2.64. The molecule has 122 valence electrons. The van der Waals surface area contributed by atoms with E-state index in [1.54, 1.807) is 12.3 Å². The van der Waals surface area contributed by atoms with Crippen LogP contribution in [0.4, 0.5) is 0 Å². The molecule has 0 aliphatic carbocycles. The van der Waals surface area contributed by atoms with E-state index in [1.165, 1.54) is 6.08 Å². The van der Waals surface area contributed by atoms with Crippen LogP contribution in [0.25, 0.3) is 11.3 Å². The van der Waals surface area contributed by atoms with Gasteiger partial charge >= 0.3 is 5.97 Å². The number of rotatable bonds is 7. The Morgan fingerprint density at radius 3 is 2.83 bits per heavy atom. The predicted molar refractivity (Wildman–Crippen MR) is 92.8 cm³/mol. The van der Waals surface area contributed by atoms with Crippen molar-refractivity contribution < 1.29 is 9.53 Å². The van der Waals surface area contributed by atoms with Gasteiger partial charge in [0.2, 0.25) is 0 Å². The number of carbonyl (C=O) groups excluding carboxylic acids is 1. The number of esters is 1. The fourth-order valence-corrected chi connectivity index (χ4v) is 2.18. The first-order valence-electron chi connectivity index (χ1n) is 8.02. The number of ether oxygens (including phenoxy) is 1. The lowest BCUT2D eigenvalue weighted by Gasteiger charge is -2.05. The number of hydrogen-bond donors (Lipinski definition) is 0. The maximum Gasteiger partial charge on any atom is 0.330 e. The number of aromatic nitrogens is 1. The number of unbranched alkanes of at least 4 members (excludes halogenated alkanes) is 2. The molecule has 0 saturated heterocycles. The van der Waals surface area contributed by atoms with Crippen molar-refractivity contribution in [2.45, 2.75) is 32.8 Å². The predicted octanol–water partition coefficient (Wildman–Crippen LogP) is 4.41. The summed E-state index contributed by atoms with van der Waals surface area (Å²) in [5.41, 5.74) is 2.91. The molecule has 0 saturated carbocycles. The Hall–Kier alpha value is -2.93. The van der Waals surface area contributed by atoms with Crippen molar-refractivity contribution in [3.63, 3.8) is 0 Å². The fourth-order valence-electron chi connectivity index (χ4n) is 2.18. The van der Waals surface area contributed by atoms with Crippen molar-refractivity contribution in [2.75, 3.05) is 0 Å². The van der Waals surface area contributed by atoms with Crippen molar-refractivity contribution in [2.24, 2.45) is 0 Å². The normalized spacial score (nSPS) is 10.5. The van der Waals surface area contributed by atoms with E-state index in [0.717, 1.165) is 36.1 Å². The minimum absolute atomic E-state index is 0.185. The summed E-state index contributed by atoms with van der Waals surface area (Å²) in [6.45, 7) is 2.29. The number of allylic oxidation sites excluding steroid dienone is 1. The number of hydrogen-bond acceptors (Lipinski definition) is 4. The van der Waals surface area contributed by atoms with Gasteiger partial charge in [-0.2, -0.15) is 5.26 Å². The summed E-state index contributed by atoms with van der Waals surface area (Å²) < 4.78 is 5.18. The number of nitrogens with zero attached hydrogens (tertiary/aromatic N) is 2. The molecule has 0 aliphatic heterocycles. The van der Waals surface area contributed by atoms with E-state index >= 15 is 0 Å². The van der Waals surface area contributed by atoms with Crippen molar-refractivity contribution in [1.82, 2.24) is 4.98 Å². The summed E-state index contributed by atoms with van der Waals surface area (Å²) in [6.07, 6.45) is 8.04. The highest BCUT2D eigenvalue weighted by Crippen LogP contribution is 2.21. The summed E-state index contributed by atoms with van der Waals surface area (Å²) in [5, 5.41) is 9.14. The highest BCUT2D eigenvalue weighted by Gasteiger charge is 2.06. The molecule has 0 radical (unpaired) electrons. The SMILES string of the molecule is CCCCC=CC(=O)OCc1ccc(-c2ccccc2C#N)nc1. The highest BCUT2D eigenvalue weighted by molar-refractivity contribution is 5.81. The first kappa shape index (κ1) is 17.4. The van der Waals surface area contributed by atoms with E-state index in [1.807, 2.05) is 36.4 Å². The molecule has 0 spiro atoms. The molecule has 0 aliphatic rings. The molecule has 4 nitrogen and oxygen atoms in total. The van der Waals surface area contributed by atoms with Gasteiger partial charge in [0.15, 0.2) is 0 Å². The summed E-state index contributed by atoms with van der Waals surface area (Å²) in [5.74, 6) is -0.343. The van der Waals surface area contributed by atoms with Crippen molar-refractivity contribution >= 4 is 5.97 Å². The standard InChI is InChI=1S/C20H20N2O2/c1-2-3-4-5-10-20(23)24-15-16-11-12-19(22-14-16)18-9-7-6-8-17(18)13-21/h5-12,14H,2-4,15H2,1H3. The lowest BCUT2D eigenvalue weighted by molar-refractivity contribution is -0.139. The van der Waals surface area contributed by atoms with Gasteiger partial charge in [0, 0.05) is 23.4 Å². The van der Waals surface area contributed by atoms with Gasteiger partial charge in [-0.05, 0) is 18.6 Å². The van der Waals surface area contributed by atoms with Crippen LogP contribution >= 0.6 is 0 Å². The van der Waals surface area contributed by atoms with Gasteiger partial charge in [-0.1, -0.05) is 50.1 Å². The third kappa shape index (κ3) is 5.06. The fraction of sp³-hybridized carbons (Fsp3) is 0.250. The topological polar surface area (TPSA) is 63.0 Å². The molecule has 0 N–H and O–H groups in total. The van der Waals surface area contributed by atoms with Gasteiger partial charge in [-0.3, -0.25) is 4.98 Å². The van der Waals surface area contributed by atoms with Gasteiger partial charge in [-0.25, -0.2) is 4.79 Å². The second kappa shape index (κ2) is 9.26. The van der Waals surface area contributed by atoms with Crippen LogP contribution in [0.2, 0.25) is 0 Å². The molecular weight excluding hydrogens is 300 g/mol. The van der Waals surface area contributed by atoms with Gasteiger partial charge < -0.3 is 4.74 Å². The zero-order valence-electron chi connectivity index (χ0n) is 13.7. The highest BCUT2D eigenvalue weighted by atomic mass is 16.5. The zero-order valence-corrected chi connectivity index (χ0v) is 13.7. The third-order valence-corrected chi connectivity index (χ3v) is 3.51. The van der Waals surface area contributed by atoms with Crippen LogP contribution in [0.3, 0.4) is 0 Å². The Bertz CT molecular complexity index is 743. The number of carbonyl (C=O) groups is 1. The van der Waals surface area contributed by atoms with Gasteiger partial charge in [0.05, 0.1) is 17.3 Å². The monoisotopic (exact) mass is 320 g/mol. The molecule has 1 aromatic carbocycles. The van der Waals surface area contributed by atoms with Gasteiger partial charge in [0.1, 0.15) is 6.61 Å². The minimum atomic E-state index is -0.343. The molecule has 0 fully saturated rings. The van der Waals surface area contributed by atoms with E-state index in [9.17, 15) is 4.79 Å². The first-order chi connectivity index (χ1) is 11.7. The van der Waals surface area contributed by atoms with Gasteiger partial charge in [0.25, 0.3) is 0 Å². The number of benzene rings is 1. The lowest BCUT2D eigenvalue weighted by atomic mass is 10.0. The minimum Gasteiger partial charge on any atom is -0.458 e. The van der Waals surface area contributed by atoms with Crippen LogP contribution in [0, 0.1) is 11.3 Å². The van der Waals surface area contributed by atoms with E-state index in [2.05, 4.69) is 18.0 Å². The summed E-state index contributed by atoms with van der Waals surface area (Å²) in [7, 11) is 0. The zero-order chi connectivity index (χ0) is 17.2. The molecule has 1 heterocycles. The Morgan fingerprint density at radius 2 is 2.12 bits per heavy atom. The van der Waals surface area contributed by atoms with E-state index in [0.29, 0.717) is 5.56 Å². The van der Waals surface area contributed by atoms with E-state index < -0.39 is 0 Å². The molecule has 2 aromatic rings. The quantitative estimate of drug-likeness (QED) is 0.430. The molecule has 0 unspecified atom stereocenters. The van der Waals surface area contributed by atoms with Crippen LogP contribution < -0.4 is 0 Å². The maximum absolute atomic E-state index is 11.6. The van der Waals surface area contributed by atoms with Crippen LogP contribution in [0.1, 0.15) is 37.3 Å². The summed E-state index contributed by atoms with van der Waals surface area (Å²) in [6, 6.07) is 13.2. The van der Waals surface area contributed by atoms with Gasteiger partial charge in [-0.15, -0.1) is 0 Å². The maximum atomic E-state index is 11.6. The van der Waals surface area contributed by atoms with Crippen LogP contribution in [0.15, 0.2) is 54.7 Å². The van der Waals surface area contributed by atoms with E-state index in [-0.39, 0.29) is 12.6 Å². The first-order valence-corrected chi connectivity index (χ1v) is 8.02. The van der Waals surface area contributed by atoms with Crippen molar-refractivity contribution in [3.8, 4) is 17.3 Å². The molecule has 0 bridgehead atoms. The molecule has 2 rings (SSSR count). The lowest BCUT2D eigenvalue weighted by Crippen LogP contribution is -2.01. The summed E-state index contributed by atoms with van der Waals surface area (Å²) >= 11 is 0. The Kier molecular flexibility index (Phi) is 6.73. The average molecular weight is 320 g/mol. The summed E-state index contributed by atoms with van der Waals surface area (Å²) in [4.78, 5) is 15.9. The van der Waals surface area contributed by atoms with Crippen LogP contribution in [0.5, 0.6) is 0 Å². The van der Waals surface area contributed by atoms with Crippen molar-refractivity contribution in [1.29, 1.82) is 5.26 Å². The molecule has 0 atom stereocenters. The Labute approximate surface area is 142 Å². The Balaban J connectivity index is 1.94. The molecule has 4 heteroatoms. The second-order valence-corrected chi connectivity index (χ2v) is 5.36. The van der Waals surface area contributed by atoms with Crippen molar-refractivity contribution in [3.05, 3.63) is 65.9 Å². The van der Waals surface area contributed by atoms with E-state index in [4.69, 9.17) is 10.00 Å². The molecule has 24 heavy (non-hydrogen) atoms. The van der Waals surface area contributed by atoms with Crippen LogP contribution in [-0.4, -0.2) is 11.0 Å². The molecular formula is C20H20N2O2. The number of pyridine rings is 1. The Morgan fingerprint density at radius 1 is 1.29 bits per heavy atom. The smallest absolute Gasteiger partial charge is 0.330 e.